The first-order valence-corrected chi connectivity index (χ1v) is 6.29. The van der Waals surface area contributed by atoms with Crippen molar-refractivity contribution in [3.63, 3.8) is 0 Å². The van der Waals surface area contributed by atoms with Crippen LogP contribution in [0.15, 0.2) is 33.9 Å². The maximum absolute atomic E-state index is 5.63. The second-order valence-electron chi connectivity index (χ2n) is 4.40. The van der Waals surface area contributed by atoms with E-state index in [9.17, 15) is 0 Å². The first-order valence-electron chi connectivity index (χ1n) is 5.50. The molecule has 1 atom stereocenters. The second-order valence-corrected chi connectivity index (χ2v) is 5.25. The molecule has 1 spiro atoms. The van der Waals surface area contributed by atoms with Crippen molar-refractivity contribution >= 4 is 21.6 Å². The summed E-state index contributed by atoms with van der Waals surface area (Å²) in [6, 6.07) is 8.15. The summed E-state index contributed by atoms with van der Waals surface area (Å²) < 4.78 is 1.08. The van der Waals surface area contributed by atoms with Crippen LogP contribution in [0.1, 0.15) is 18.4 Å². The summed E-state index contributed by atoms with van der Waals surface area (Å²) in [6.07, 6.45) is 1.95. The summed E-state index contributed by atoms with van der Waals surface area (Å²) >= 11 is 3.55. The van der Waals surface area contributed by atoms with E-state index in [0.717, 1.165) is 41.7 Å². The maximum Gasteiger partial charge on any atom is 0.156 e. The van der Waals surface area contributed by atoms with Gasteiger partial charge in [-0.15, -0.1) is 0 Å². The Morgan fingerprint density at radius 3 is 3.00 bits per heavy atom. The van der Waals surface area contributed by atoms with Crippen molar-refractivity contribution in [2.24, 2.45) is 5.16 Å². The molecular formula is C12H13BrN2O. The van der Waals surface area contributed by atoms with E-state index in [2.05, 4.69) is 32.5 Å². The van der Waals surface area contributed by atoms with Crippen molar-refractivity contribution in [1.82, 2.24) is 5.32 Å². The van der Waals surface area contributed by atoms with Crippen molar-refractivity contribution in [2.45, 2.75) is 18.4 Å². The van der Waals surface area contributed by atoms with Gasteiger partial charge in [-0.1, -0.05) is 39.3 Å². The Hall–Kier alpha value is -0.870. The zero-order valence-electron chi connectivity index (χ0n) is 8.87. The van der Waals surface area contributed by atoms with E-state index in [1.165, 1.54) is 0 Å². The second kappa shape index (κ2) is 3.86. The fourth-order valence-corrected chi connectivity index (χ4v) is 2.82. The number of benzene rings is 1. The zero-order valence-corrected chi connectivity index (χ0v) is 10.5. The molecule has 4 heteroatoms. The van der Waals surface area contributed by atoms with Gasteiger partial charge in [-0.25, -0.2) is 0 Å². The van der Waals surface area contributed by atoms with Crippen molar-refractivity contribution in [3.05, 3.63) is 34.3 Å². The Balaban J connectivity index is 1.86. The van der Waals surface area contributed by atoms with Crippen molar-refractivity contribution in [2.75, 3.05) is 13.1 Å². The van der Waals surface area contributed by atoms with Gasteiger partial charge in [0.25, 0.3) is 0 Å². The summed E-state index contributed by atoms with van der Waals surface area (Å²) in [5.74, 6) is 0. The summed E-state index contributed by atoms with van der Waals surface area (Å²) in [6.45, 7) is 1.93. The minimum atomic E-state index is -0.0788. The normalized spacial score (nSPS) is 28.2. The highest BCUT2D eigenvalue weighted by Crippen LogP contribution is 2.33. The first-order chi connectivity index (χ1) is 7.79. The molecule has 2 heterocycles. The molecule has 84 valence electrons. The van der Waals surface area contributed by atoms with Gasteiger partial charge >= 0.3 is 0 Å². The molecule has 2 aliphatic rings. The molecule has 2 aliphatic heterocycles. The van der Waals surface area contributed by atoms with E-state index < -0.39 is 0 Å². The van der Waals surface area contributed by atoms with Gasteiger partial charge in [-0.3, -0.25) is 0 Å². The van der Waals surface area contributed by atoms with Gasteiger partial charge in [0.05, 0.1) is 5.71 Å². The predicted molar refractivity (Wildman–Crippen MR) is 66.6 cm³/mol. The van der Waals surface area contributed by atoms with Crippen LogP contribution in [-0.2, 0) is 4.84 Å². The third-order valence-electron chi connectivity index (χ3n) is 3.23. The number of nitrogens with one attached hydrogen (secondary N) is 1. The predicted octanol–water partition coefficient (Wildman–Crippen LogP) is 2.31. The van der Waals surface area contributed by atoms with Crippen LogP contribution >= 0.6 is 15.9 Å². The van der Waals surface area contributed by atoms with E-state index in [1.807, 2.05) is 18.2 Å². The fourth-order valence-electron chi connectivity index (χ4n) is 2.31. The molecule has 3 nitrogen and oxygen atoms in total. The standard InChI is InChI=1S/C12H13BrN2O/c13-10-4-2-1-3-9(10)11-7-12(16-15-11)5-6-14-8-12/h1-4,14H,5-8H2. The highest BCUT2D eigenvalue weighted by atomic mass is 79.9. The van der Waals surface area contributed by atoms with Crippen LogP contribution in [0.2, 0.25) is 0 Å². The van der Waals surface area contributed by atoms with Crippen LogP contribution in [0.25, 0.3) is 0 Å². The molecular weight excluding hydrogens is 268 g/mol. The van der Waals surface area contributed by atoms with E-state index in [-0.39, 0.29) is 5.60 Å². The molecule has 3 rings (SSSR count). The maximum atomic E-state index is 5.63. The van der Waals surface area contributed by atoms with E-state index in [1.54, 1.807) is 0 Å². The number of rotatable bonds is 1. The SMILES string of the molecule is Brc1ccccc1C1=NOC2(CCNC2)C1. The lowest BCUT2D eigenvalue weighted by Gasteiger charge is -2.18. The third kappa shape index (κ3) is 1.66. The monoisotopic (exact) mass is 280 g/mol. The summed E-state index contributed by atoms with van der Waals surface area (Å²) in [5, 5.41) is 7.58. The minimum Gasteiger partial charge on any atom is -0.387 e. The molecule has 1 N–H and O–H groups in total. The lowest BCUT2D eigenvalue weighted by molar-refractivity contribution is -0.00190. The number of oxime groups is 1. The number of halogens is 1. The summed E-state index contributed by atoms with van der Waals surface area (Å²) in [5.41, 5.74) is 2.12. The quantitative estimate of drug-likeness (QED) is 0.857. The van der Waals surface area contributed by atoms with Crippen molar-refractivity contribution in [3.8, 4) is 0 Å². The average molecular weight is 281 g/mol. The molecule has 0 aliphatic carbocycles. The molecule has 0 amide bonds. The number of nitrogens with zero attached hydrogens (tertiary/aromatic N) is 1. The Morgan fingerprint density at radius 1 is 1.38 bits per heavy atom. The molecule has 1 aromatic rings. The average Bonchev–Trinajstić information content (AvgIpc) is 2.91. The fraction of sp³-hybridized carbons (Fsp3) is 0.417. The van der Waals surface area contributed by atoms with Gasteiger partial charge in [-0.05, 0) is 12.6 Å². The van der Waals surface area contributed by atoms with Crippen LogP contribution in [-0.4, -0.2) is 24.4 Å². The lowest BCUT2D eigenvalue weighted by Crippen LogP contribution is -2.31. The topological polar surface area (TPSA) is 33.6 Å². The number of hydrogen-bond donors (Lipinski definition) is 1. The summed E-state index contributed by atoms with van der Waals surface area (Å²) in [7, 11) is 0. The van der Waals surface area contributed by atoms with E-state index in [0.29, 0.717) is 0 Å². The molecule has 1 aromatic carbocycles. The Morgan fingerprint density at radius 2 is 2.25 bits per heavy atom. The Labute approximate surface area is 103 Å². The lowest BCUT2D eigenvalue weighted by atomic mass is 9.93. The highest BCUT2D eigenvalue weighted by Gasteiger charge is 2.42. The largest absolute Gasteiger partial charge is 0.387 e. The van der Waals surface area contributed by atoms with Crippen molar-refractivity contribution in [1.29, 1.82) is 0 Å². The summed E-state index contributed by atoms with van der Waals surface area (Å²) in [4.78, 5) is 5.63. The molecule has 0 bridgehead atoms. The first kappa shape index (κ1) is 10.3. The number of hydrogen-bond acceptors (Lipinski definition) is 3. The molecule has 0 radical (unpaired) electrons. The molecule has 1 saturated heterocycles. The van der Waals surface area contributed by atoms with Crippen LogP contribution in [0.5, 0.6) is 0 Å². The van der Waals surface area contributed by atoms with Crippen LogP contribution in [0, 0.1) is 0 Å². The molecule has 0 aromatic heterocycles. The van der Waals surface area contributed by atoms with E-state index in [4.69, 9.17) is 4.84 Å². The van der Waals surface area contributed by atoms with Gasteiger partial charge in [0.1, 0.15) is 0 Å². The van der Waals surface area contributed by atoms with Gasteiger partial charge < -0.3 is 10.2 Å². The van der Waals surface area contributed by atoms with Crippen LogP contribution < -0.4 is 5.32 Å². The molecule has 0 saturated carbocycles. The van der Waals surface area contributed by atoms with E-state index >= 15 is 0 Å². The molecule has 1 unspecified atom stereocenters. The minimum absolute atomic E-state index is 0.0788. The van der Waals surface area contributed by atoms with Gasteiger partial charge in [-0.2, -0.15) is 0 Å². The van der Waals surface area contributed by atoms with Crippen LogP contribution in [0.4, 0.5) is 0 Å². The van der Waals surface area contributed by atoms with Crippen molar-refractivity contribution < 1.29 is 4.84 Å². The molecule has 16 heavy (non-hydrogen) atoms. The smallest absolute Gasteiger partial charge is 0.156 e. The third-order valence-corrected chi connectivity index (χ3v) is 3.92. The van der Waals surface area contributed by atoms with Gasteiger partial charge in [0.15, 0.2) is 5.60 Å². The van der Waals surface area contributed by atoms with Gasteiger partial charge in [0, 0.05) is 29.4 Å². The highest BCUT2D eigenvalue weighted by molar-refractivity contribution is 9.10. The Kier molecular flexibility index (Phi) is 2.48. The Bertz CT molecular complexity index is 438. The zero-order chi connectivity index (χ0) is 11.0. The molecule has 1 fully saturated rings. The van der Waals surface area contributed by atoms with Crippen LogP contribution in [0.3, 0.4) is 0 Å². The van der Waals surface area contributed by atoms with Gasteiger partial charge in [0.2, 0.25) is 0 Å².